The SMILES string of the molecule is CCCN(CCC)C(C)C(O)c1ccccc1. The molecule has 0 aliphatic carbocycles. The highest BCUT2D eigenvalue weighted by atomic mass is 16.3. The Morgan fingerprint density at radius 2 is 1.59 bits per heavy atom. The predicted octanol–water partition coefficient (Wildman–Crippen LogP) is 3.23. The van der Waals surface area contributed by atoms with E-state index in [9.17, 15) is 5.11 Å². The summed E-state index contributed by atoms with van der Waals surface area (Å²) in [4.78, 5) is 2.37. The van der Waals surface area contributed by atoms with Crippen LogP contribution in [0, 0.1) is 0 Å². The number of rotatable bonds is 7. The van der Waals surface area contributed by atoms with Gasteiger partial charge in [-0.25, -0.2) is 0 Å². The molecular weight excluding hydrogens is 210 g/mol. The van der Waals surface area contributed by atoms with Gasteiger partial charge in [0.15, 0.2) is 0 Å². The highest BCUT2D eigenvalue weighted by molar-refractivity contribution is 5.18. The highest BCUT2D eigenvalue weighted by Gasteiger charge is 2.21. The van der Waals surface area contributed by atoms with Gasteiger partial charge in [0.2, 0.25) is 0 Å². The fraction of sp³-hybridized carbons (Fsp3) is 0.600. The van der Waals surface area contributed by atoms with Crippen molar-refractivity contribution in [3.8, 4) is 0 Å². The lowest BCUT2D eigenvalue weighted by atomic mass is 10.0. The van der Waals surface area contributed by atoms with Gasteiger partial charge in [-0.05, 0) is 38.4 Å². The fourth-order valence-corrected chi connectivity index (χ4v) is 2.22. The Hall–Kier alpha value is -0.860. The molecule has 0 aliphatic heterocycles. The molecule has 2 nitrogen and oxygen atoms in total. The summed E-state index contributed by atoms with van der Waals surface area (Å²) in [5.74, 6) is 0. The quantitative estimate of drug-likeness (QED) is 0.784. The van der Waals surface area contributed by atoms with Gasteiger partial charge in [-0.3, -0.25) is 4.90 Å². The van der Waals surface area contributed by atoms with Gasteiger partial charge in [0.1, 0.15) is 0 Å². The lowest BCUT2D eigenvalue weighted by Crippen LogP contribution is -2.38. The number of hydrogen-bond acceptors (Lipinski definition) is 2. The summed E-state index contributed by atoms with van der Waals surface area (Å²) in [5, 5.41) is 10.4. The molecule has 1 aromatic rings. The van der Waals surface area contributed by atoms with Crippen molar-refractivity contribution in [3.05, 3.63) is 35.9 Å². The zero-order valence-corrected chi connectivity index (χ0v) is 11.3. The van der Waals surface area contributed by atoms with Gasteiger partial charge in [-0.2, -0.15) is 0 Å². The molecule has 0 fully saturated rings. The summed E-state index contributed by atoms with van der Waals surface area (Å²) in [6.07, 6.45) is 1.87. The standard InChI is InChI=1S/C15H25NO/c1-4-11-16(12-5-2)13(3)15(17)14-9-7-6-8-10-14/h6-10,13,15,17H,4-5,11-12H2,1-3H3. The zero-order valence-electron chi connectivity index (χ0n) is 11.3. The van der Waals surface area contributed by atoms with E-state index in [0.29, 0.717) is 0 Å². The molecule has 2 heteroatoms. The maximum Gasteiger partial charge on any atom is 0.0942 e. The van der Waals surface area contributed by atoms with E-state index in [1.165, 1.54) is 0 Å². The van der Waals surface area contributed by atoms with Gasteiger partial charge in [0, 0.05) is 6.04 Å². The highest BCUT2D eigenvalue weighted by Crippen LogP contribution is 2.20. The van der Waals surface area contributed by atoms with E-state index in [-0.39, 0.29) is 6.04 Å². The maximum absolute atomic E-state index is 10.4. The topological polar surface area (TPSA) is 23.5 Å². The number of aliphatic hydroxyl groups is 1. The van der Waals surface area contributed by atoms with E-state index in [1.807, 2.05) is 30.3 Å². The molecule has 17 heavy (non-hydrogen) atoms. The first kappa shape index (κ1) is 14.2. The summed E-state index contributed by atoms with van der Waals surface area (Å²) in [6.45, 7) is 8.59. The molecule has 0 spiro atoms. The van der Waals surface area contributed by atoms with Crippen molar-refractivity contribution in [2.45, 2.75) is 45.8 Å². The molecule has 0 radical (unpaired) electrons. The minimum Gasteiger partial charge on any atom is -0.387 e. The van der Waals surface area contributed by atoms with Crippen LogP contribution in [0.1, 0.15) is 45.3 Å². The summed E-state index contributed by atoms with van der Waals surface area (Å²) in [7, 11) is 0. The van der Waals surface area contributed by atoms with Crippen LogP contribution in [0.5, 0.6) is 0 Å². The van der Waals surface area contributed by atoms with Gasteiger partial charge in [-0.15, -0.1) is 0 Å². The molecule has 2 atom stereocenters. The largest absolute Gasteiger partial charge is 0.387 e. The summed E-state index contributed by atoms with van der Waals surface area (Å²) < 4.78 is 0. The first-order valence-corrected chi connectivity index (χ1v) is 6.67. The first-order chi connectivity index (χ1) is 8.20. The molecule has 0 aromatic heterocycles. The van der Waals surface area contributed by atoms with Crippen LogP contribution in [0.3, 0.4) is 0 Å². The first-order valence-electron chi connectivity index (χ1n) is 6.67. The number of hydrogen-bond donors (Lipinski definition) is 1. The average molecular weight is 235 g/mol. The molecule has 1 rings (SSSR count). The van der Waals surface area contributed by atoms with E-state index < -0.39 is 6.10 Å². The average Bonchev–Trinajstić information content (AvgIpc) is 2.38. The van der Waals surface area contributed by atoms with Gasteiger partial charge in [-0.1, -0.05) is 44.2 Å². The van der Waals surface area contributed by atoms with Crippen molar-refractivity contribution in [1.29, 1.82) is 0 Å². The number of aliphatic hydroxyl groups excluding tert-OH is 1. The molecule has 0 bridgehead atoms. The van der Waals surface area contributed by atoms with Gasteiger partial charge < -0.3 is 5.11 Å². The molecule has 0 saturated carbocycles. The maximum atomic E-state index is 10.4. The van der Waals surface area contributed by atoms with Crippen LogP contribution in [-0.2, 0) is 0 Å². The molecule has 0 aliphatic rings. The third-order valence-electron chi connectivity index (χ3n) is 3.20. The second-order valence-electron chi connectivity index (χ2n) is 4.63. The van der Waals surface area contributed by atoms with Crippen molar-refractivity contribution < 1.29 is 5.11 Å². The Bertz CT molecular complexity index is 293. The van der Waals surface area contributed by atoms with E-state index in [1.54, 1.807) is 0 Å². The van der Waals surface area contributed by atoms with E-state index in [4.69, 9.17) is 0 Å². The summed E-state index contributed by atoms with van der Waals surface area (Å²) in [5.41, 5.74) is 1.01. The van der Waals surface area contributed by atoms with E-state index in [0.717, 1.165) is 31.5 Å². The molecule has 1 aromatic carbocycles. The summed E-state index contributed by atoms with van der Waals surface area (Å²) in [6, 6.07) is 10.1. The zero-order chi connectivity index (χ0) is 12.7. The van der Waals surface area contributed by atoms with E-state index >= 15 is 0 Å². The molecular formula is C15H25NO. The van der Waals surface area contributed by atoms with Crippen LogP contribution in [0.4, 0.5) is 0 Å². The van der Waals surface area contributed by atoms with Crippen molar-refractivity contribution in [3.63, 3.8) is 0 Å². The number of nitrogens with zero attached hydrogens (tertiary/aromatic N) is 1. The van der Waals surface area contributed by atoms with Crippen LogP contribution in [0.15, 0.2) is 30.3 Å². The van der Waals surface area contributed by atoms with Crippen LogP contribution in [0.25, 0.3) is 0 Å². The lowest BCUT2D eigenvalue weighted by Gasteiger charge is -2.32. The monoisotopic (exact) mass is 235 g/mol. The Morgan fingerprint density at radius 1 is 1.06 bits per heavy atom. The van der Waals surface area contributed by atoms with E-state index in [2.05, 4.69) is 25.7 Å². The van der Waals surface area contributed by atoms with Gasteiger partial charge >= 0.3 is 0 Å². The minimum atomic E-state index is -0.394. The fourth-order valence-electron chi connectivity index (χ4n) is 2.22. The lowest BCUT2D eigenvalue weighted by molar-refractivity contribution is 0.0577. The minimum absolute atomic E-state index is 0.178. The van der Waals surface area contributed by atoms with Crippen molar-refractivity contribution in [2.24, 2.45) is 0 Å². The third-order valence-corrected chi connectivity index (χ3v) is 3.20. The van der Waals surface area contributed by atoms with Crippen LogP contribution in [0.2, 0.25) is 0 Å². The second kappa shape index (κ2) is 7.46. The van der Waals surface area contributed by atoms with Crippen LogP contribution < -0.4 is 0 Å². The number of benzene rings is 1. The normalized spacial score (nSPS) is 14.9. The van der Waals surface area contributed by atoms with Gasteiger partial charge in [0.25, 0.3) is 0 Å². The Balaban J connectivity index is 2.69. The Morgan fingerprint density at radius 3 is 2.06 bits per heavy atom. The smallest absolute Gasteiger partial charge is 0.0942 e. The predicted molar refractivity (Wildman–Crippen MR) is 73.0 cm³/mol. The molecule has 1 N–H and O–H groups in total. The molecule has 0 saturated heterocycles. The Labute approximate surface area is 105 Å². The third kappa shape index (κ3) is 4.14. The van der Waals surface area contributed by atoms with Crippen molar-refractivity contribution >= 4 is 0 Å². The molecule has 0 amide bonds. The summed E-state index contributed by atoms with van der Waals surface area (Å²) >= 11 is 0. The molecule has 0 heterocycles. The van der Waals surface area contributed by atoms with Crippen LogP contribution in [-0.4, -0.2) is 29.1 Å². The molecule has 96 valence electrons. The van der Waals surface area contributed by atoms with Crippen molar-refractivity contribution in [2.75, 3.05) is 13.1 Å². The molecule has 2 unspecified atom stereocenters. The second-order valence-corrected chi connectivity index (χ2v) is 4.63. The van der Waals surface area contributed by atoms with Gasteiger partial charge in [0.05, 0.1) is 6.10 Å². The Kier molecular flexibility index (Phi) is 6.23. The van der Waals surface area contributed by atoms with Crippen LogP contribution >= 0.6 is 0 Å². The van der Waals surface area contributed by atoms with Crippen molar-refractivity contribution in [1.82, 2.24) is 4.90 Å².